The summed E-state index contributed by atoms with van der Waals surface area (Å²) in [6, 6.07) is 5.77. The maximum atomic E-state index is 10.8. The van der Waals surface area contributed by atoms with E-state index in [-0.39, 0.29) is 12.8 Å². The van der Waals surface area contributed by atoms with Gasteiger partial charge >= 0.3 is 11.9 Å². The van der Waals surface area contributed by atoms with E-state index in [0.29, 0.717) is 25.8 Å². The quantitative estimate of drug-likeness (QED) is 0.730. The number of rotatable bonds is 8. The van der Waals surface area contributed by atoms with E-state index in [1.54, 1.807) is 0 Å². The minimum atomic E-state index is -0.817. The Kier molecular flexibility index (Phi) is 5.64. The Labute approximate surface area is 140 Å². The van der Waals surface area contributed by atoms with Crippen molar-refractivity contribution in [2.75, 3.05) is 0 Å². The summed E-state index contributed by atoms with van der Waals surface area (Å²) >= 11 is 0. The molecular weight excluding hydrogens is 306 g/mol. The van der Waals surface area contributed by atoms with Crippen molar-refractivity contribution in [3.05, 3.63) is 35.0 Å². The lowest BCUT2D eigenvalue weighted by Gasteiger charge is -2.09. The highest BCUT2D eigenvalue weighted by atomic mass is 16.4. The van der Waals surface area contributed by atoms with Gasteiger partial charge in [0.15, 0.2) is 0 Å². The number of para-hydroxylation sites is 1. The second-order valence-electron chi connectivity index (χ2n) is 5.81. The molecule has 0 saturated heterocycles. The fraction of sp³-hybridized carbons (Fsp3) is 0.368. The Morgan fingerprint density at radius 2 is 1.83 bits per heavy atom. The Balaban J connectivity index is 2.42. The van der Waals surface area contributed by atoms with Crippen molar-refractivity contribution in [2.45, 2.75) is 45.6 Å². The molecular formula is C19H21NO4. The van der Waals surface area contributed by atoms with Gasteiger partial charge in [-0.2, -0.15) is 0 Å². The molecule has 0 fully saturated rings. The maximum absolute atomic E-state index is 10.8. The number of benzene rings is 1. The highest BCUT2D eigenvalue weighted by Crippen LogP contribution is 2.30. The zero-order chi connectivity index (χ0) is 17.7. The smallest absolute Gasteiger partial charge is 0.303 e. The summed E-state index contributed by atoms with van der Waals surface area (Å²) in [6.07, 6.45) is 7.60. The van der Waals surface area contributed by atoms with Crippen LogP contribution >= 0.6 is 0 Å². The largest absolute Gasteiger partial charge is 0.481 e. The Bertz CT molecular complexity index is 811. The molecule has 5 nitrogen and oxygen atoms in total. The Morgan fingerprint density at radius 3 is 2.46 bits per heavy atom. The third kappa shape index (κ3) is 3.77. The molecule has 2 aromatic rings. The summed E-state index contributed by atoms with van der Waals surface area (Å²) in [4.78, 5) is 21.5. The predicted molar refractivity (Wildman–Crippen MR) is 92.1 cm³/mol. The van der Waals surface area contributed by atoms with E-state index in [9.17, 15) is 9.59 Å². The van der Waals surface area contributed by atoms with Crippen LogP contribution in [-0.4, -0.2) is 26.7 Å². The van der Waals surface area contributed by atoms with Gasteiger partial charge in [0.2, 0.25) is 0 Å². The molecule has 0 aliphatic carbocycles. The zero-order valence-corrected chi connectivity index (χ0v) is 13.7. The van der Waals surface area contributed by atoms with Gasteiger partial charge in [-0.15, -0.1) is 6.42 Å². The number of carboxylic acids is 2. The maximum Gasteiger partial charge on any atom is 0.303 e. The van der Waals surface area contributed by atoms with Gasteiger partial charge in [-0.3, -0.25) is 9.59 Å². The van der Waals surface area contributed by atoms with Gasteiger partial charge in [-0.05, 0) is 37.8 Å². The molecule has 0 radical (unpaired) electrons. The van der Waals surface area contributed by atoms with Crippen molar-refractivity contribution in [2.24, 2.45) is 0 Å². The number of carbonyl (C=O) groups is 2. The van der Waals surface area contributed by atoms with Gasteiger partial charge < -0.3 is 14.8 Å². The predicted octanol–water partition coefficient (Wildman–Crippen LogP) is 3.20. The van der Waals surface area contributed by atoms with E-state index < -0.39 is 11.9 Å². The molecule has 0 unspecified atom stereocenters. The van der Waals surface area contributed by atoms with Crippen molar-refractivity contribution in [1.82, 2.24) is 4.57 Å². The molecule has 0 aliphatic heterocycles. The molecule has 2 rings (SSSR count). The molecule has 0 saturated carbocycles. The van der Waals surface area contributed by atoms with Crippen LogP contribution in [0.3, 0.4) is 0 Å². The topological polar surface area (TPSA) is 79.5 Å². The second kappa shape index (κ2) is 7.69. The highest BCUT2D eigenvalue weighted by Gasteiger charge is 2.16. The summed E-state index contributed by atoms with van der Waals surface area (Å²) < 4.78 is 2.07. The first kappa shape index (κ1) is 17.6. The molecule has 0 spiro atoms. The summed E-state index contributed by atoms with van der Waals surface area (Å²) in [7, 11) is 0. The molecule has 0 amide bonds. The van der Waals surface area contributed by atoms with E-state index in [2.05, 4.69) is 10.5 Å². The van der Waals surface area contributed by atoms with E-state index >= 15 is 0 Å². The first-order valence-electron chi connectivity index (χ1n) is 7.96. The molecule has 0 bridgehead atoms. The van der Waals surface area contributed by atoms with E-state index in [0.717, 1.165) is 27.7 Å². The fourth-order valence-electron chi connectivity index (χ4n) is 3.12. The van der Waals surface area contributed by atoms with E-state index in [4.69, 9.17) is 16.6 Å². The molecule has 0 atom stereocenters. The van der Waals surface area contributed by atoms with Crippen molar-refractivity contribution in [3.8, 4) is 12.3 Å². The Morgan fingerprint density at radius 1 is 1.17 bits per heavy atom. The SMILES string of the molecule is C#Cc1cccc2c(CCCC(=O)O)c(C)n(CCCC(=O)O)c12. The van der Waals surface area contributed by atoms with Gasteiger partial charge in [0.25, 0.3) is 0 Å². The number of nitrogens with zero attached hydrogens (tertiary/aromatic N) is 1. The van der Waals surface area contributed by atoms with Crippen LogP contribution in [0, 0.1) is 19.3 Å². The third-order valence-corrected chi connectivity index (χ3v) is 4.22. The number of carboxylic acid groups (broad SMARTS) is 2. The summed E-state index contributed by atoms with van der Waals surface area (Å²) in [5, 5.41) is 18.7. The molecule has 1 aromatic carbocycles. The minimum Gasteiger partial charge on any atom is -0.481 e. The number of hydrogen-bond donors (Lipinski definition) is 2. The molecule has 24 heavy (non-hydrogen) atoms. The number of aromatic nitrogens is 1. The monoisotopic (exact) mass is 327 g/mol. The van der Waals surface area contributed by atoms with Crippen LogP contribution in [0.4, 0.5) is 0 Å². The first-order valence-corrected chi connectivity index (χ1v) is 7.96. The van der Waals surface area contributed by atoms with Crippen molar-refractivity contribution >= 4 is 22.8 Å². The van der Waals surface area contributed by atoms with Crippen LogP contribution in [0.25, 0.3) is 10.9 Å². The van der Waals surface area contributed by atoms with E-state index in [1.807, 2.05) is 25.1 Å². The van der Waals surface area contributed by atoms with Gasteiger partial charge in [-0.25, -0.2) is 0 Å². The lowest BCUT2D eigenvalue weighted by atomic mass is 10.0. The van der Waals surface area contributed by atoms with Crippen LogP contribution in [0.2, 0.25) is 0 Å². The van der Waals surface area contributed by atoms with Gasteiger partial charge in [0.05, 0.1) is 5.52 Å². The molecule has 1 heterocycles. The number of aliphatic carboxylic acids is 2. The van der Waals surface area contributed by atoms with Gasteiger partial charge in [-0.1, -0.05) is 18.1 Å². The zero-order valence-electron chi connectivity index (χ0n) is 13.7. The average molecular weight is 327 g/mol. The summed E-state index contributed by atoms with van der Waals surface area (Å²) in [5.74, 6) is 1.07. The molecule has 1 aromatic heterocycles. The second-order valence-corrected chi connectivity index (χ2v) is 5.81. The van der Waals surface area contributed by atoms with Crippen LogP contribution < -0.4 is 0 Å². The van der Waals surface area contributed by atoms with Crippen molar-refractivity contribution in [3.63, 3.8) is 0 Å². The summed E-state index contributed by atoms with van der Waals surface area (Å²) in [6.45, 7) is 2.56. The number of hydrogen-bond acceptors (Lipinski definition) is 2. The summed E-state index contributed by atoms with van der Waals surface area (Å²) in [5.41, 5.74) is 3.84. The lowest BCUT2D eigenvalue weighted by Crippen LogP contribution is -2.05. The molecule has 5 heteroatoms. The molecule has 126 valence electrons. The van der Waals surface area contributed by atoms with Crippen LogP contribution in [0.5, 0.6) is 0 Å². The normalized spacial score (nSPS) is 10.7. The fourth-order valence-corrected chi connectivity index (χ4v) is 3.12. The Hall–Kier alpha value is -2.74. The van der Waals surface area contributed by atoms with Crippen molar-refractivity contribution < 1.29 is 19.8 Å². The van der Waals surface area contributed by atoms with Crippen LogP contribution in [-0.2, 0) is 22.6 Å². The van der Waals surface area contributed by atoms with Crippen molar-refractivity contribution in [1.29, 1.82) is 0 Å². The van der Waals surface area contributed by atoms with Gasteiger partial charge in [0.1, 0.15) is 0 Å². The molecule has 0 aliphatic rings. The number of fused-ring (bicyclic) bond motifs is 1. The number of terminal acetylenes is 1. The number of aryl methyl sites for hydroxylation is 2. The highest BCUT2D eigenvalue weighted by molar-refractivity contribution is 5.90. The van der Waals surface area contributed by atoms with Gasteiger partial charge in [0, 0.05) is 36.0 Å². The third-order valence-electron chi connectivity index (χ3n) is 4.22. The van der Waals surface area contributed by atoms with E-state index in [1.165, 1.54) is 0 Å². The van der Waals surface area contributed by atoms with Crippen LogP contribution in [0.15, 0.2) is 18.2 Å². The average Bonchev–Trinajstić information content (AvgIpc) is 2.79. The lowest BCUT2D eigenvalue weighted by molar-refractivity contribution is -0.138. The van der Waals surface area contributed by atoms with Crippen LogP contribution in [0.1, 0.15) is 42.5 Å². The standard InChI is InChI=1S/C19H21NO4/c1-3-14-7-4-9-16-15(8-5-10-17(21)22)13(2)20(19(14)16)12-6-11-18(23)24/h1,4,7,9H,5-6,8,10-12H2,2H3,(H,21,22)(H,23,24). The molecule has 2 N–H and O–H groups in total. The minimum absolute atomic E-state index is 0.103. The first-order chi connectivity index (χ1) is 11.5.